The quantitative estimate of drug-likeness (QED) is 0.761. The average Bonchev–Trinajstić information content (AvgIpc) is 3.12. The van der Waals surface area contributed by atoms with Gasteiger partial charge < -0.3 is 15.3 Å². The molecular formula is C15H30N2O. The Morgan fingerprint density at radius 3 is 2.61 bits per heavy atom. The molecule has 2 N–H and O–H groups in total. The van der Waals surface area contributed by atoms with Gasteiger partial charge in [0.2, 0.25) is 0 Å². The standard InChI is InChI=1S/C15H30N2O/c1-12(2)10-17(3)14-5-4-8-15(9-14,11-18)16-13-6-7-13/h12-14,16,18H,4-11H2,1-3H3. The van der Waals surface area contributed by atoms with Crippen LogP contribution in [0.1, 0.15) is 52.4 Å². The number of aliphatic hydroxyl groups is 1. The highest BCUT2D eigenvalue weighted by Gasteiger charge is 2.40. The van der Waals surface area contributed by atoms with E-state index < -0.39 is 0 Å². The van der Waals surface area contributed by atoms with Gasteiger partial charge in [0.1, 0.15) is 0 Å². The number of aliphatic hydroxyl groups excluding tert-OH is 1. The fourth-order valence-electron chi connectivity index (χ4n) is 3.41. The molecule has 2 atom stereocenters. The summed E-state index contributed by atoms with van der Waals surface area (Å²) in [6.45, 7) is 6.02. The fourth-order valence-corrected chi connectivity index (χ4v) is 3.41. The molecule has 0 amide bonds. The van der Waals surface area contributed by atoms with Crippen LogP contribution in [0.25, 0.3) is 0 Å². The molecule has 0 heterocycles. The van der Waals surface area contributed by atoms with Crippen molar-refractivity contribution in [1.82, 2.24) is 10.2 Å². The van der Waals surface area contributed by atoms with Crippen LogP contribution in [-0.4, -0.2) is 47.8 Å². The molecule has 2 unspecified atom stereocenters. The number of nitrogens with zero attached hydrogens (tertiary/aromatic N) is 1. The summed E-state index contributed by atoms with van der Waals surface area (Å²) >= 11 is 0. The maximum absolute atomic E-state index is 9.82. The minimum atomic E-state index is 0.00925. The molecule has 2 fully saturated rings. The lowest BCUT2D eigenvalue weighted by atomic mass is 9.78. The summed E-state index contributed by atoms with van der Waals surface area (Å²) in [5, 5.41) is 13.5. The largest absolute Gasteiger partial charge is 0.394 e. The molecule has 0 spiro atoms. The summed E-state index contributed by atoms with van der Waals surface area (Å²) in [7, 11) is 2.25. The van der Waals surface area contributed by atoms with E-state index in [9.17, 15) is 5.11 Å². The van der Waals surface area contributed by atoms with Gasteiger partial charge in [0, 0.05) is 24.2 Å². The molecule has 0 aromatic heterocycles. The molecule has 0 saturated heterocycles. The number of rotatable bonds is 6. The van der Waals surface area contributed by atoms with Crippen molar-refractivity contribution >= 4 is 0 Å². The van der Waals surface area contributed by atoms with Crippen molar-refractivity contribution in [3.8, 4) is 0 Å². The highest BCUT2D eigenvalue weighted by atomic mass is 16.3. The SMILES string of the molecule is CC(C)CN(C)C1CCCC(CO)(NC2CC2)C1. The van der Waals surface area contributed by atoms with Gasteiger partial charge in [-0.1, -0.05) is 13.8 Å². The minimum Gasteiger partial charge on any atom is -0.394 e. The summed E-state index contributed by atoms with van der Waals surface area (Å²) in [6.07, 6.45) is 7.39. The molecule has 2 aliphatic rings. The molecule has 0 aromatic carbocycles. The van der Waals surface area contributed by atoms with E-state index in [0.29, 0.717) is 18.7 Å². The summed E-state index contributed by atoms with van der Waals surface area (Å²) in [5.41, 5.74) is 0.00925. The van der Waals surface area contributed by atoms with Crippen LogP contribution in [0.15, 0.2) is 0 Å². The average molecular weight is 254 g/mol. The zero-order valence-corrected chi connectivity index (χ0v) is 12.3. The van der Waals surface area contributed by atoms with Gasteiger partial charge >= 0.3 is 0 Å². The molecule has 18 heavy (non-hydrogen) atoms. The highest BCUT2D eigenvalue weighted by molar-refractivity contribution is 5.00. The van der Waals surface area contributed by atoms with Gasteiger partial charge in [-0.05, 0) is 51.5 Å². The van der Waals surface area contributed by atoms with Gasteiger partial charge in [0.25, 0.3) is 0 Å². The van der Waals surface area contributed by atoms with Gasteiger partial charge in [-0.2, -0.15) is 0 Å². The van der Waals surface area contributed by atoms with Crippen molar-refractivity contribution in [2.24, 2.45) is 5.92 Å². The molecule has 0 bridgehead atoms. The Labute approximate surface area is 112 Å². The topological polar surface area (TPSA) is 35.5 Å². The van der Waals surface area contributed by atoms with Crippen molar-refractivity contribution in [3.63, 3.8) is 0 Å². The summed E-state index contributed by atoms with van der Waals surface area (Å²) in [4.78, 5) is 2.50. The molecule has 2 rings (SSSR count). The lowest BCUT2D eigenvalue weighted by Crippen LogP contribution is -2.56. The molecule has 0 radical (unpaired) electrons. The molecule has 0 aromatic rings. The van der Waals surface area contributed by atoms with E-state index in [-0.39, 0.29) is 5.54 Å². The molecule has 3 heteroatoms. The van der Waals surface area contributed by atoms with Crippen LogP contribution in [0.3, 0.4) is 0 Å². The Kier molecular flexibility index (Phi) is 4.68. The van der Waals surface area contributed by atoms with E-state index in [0.717, 1.165) is 25.3 Å². The van der Waals surface area contributed by atoms with Crippen LogP contribution in [0.2, 0.25) is 0 Å². The summed E-state index contributed by atoms with van der Waals surface area (Å²) in [5.74, 6) is 0.719. The van der Waals surface area contributed by atoms with E-state index in [1.807, 2.05) is 0 Å². The van der Waals surface area contributed by atoms with E-state index in [2.05, 4.69) is 31.1 Å². The zero-order valence-electron chi connectivity index (χ0n) is 12.3. The van der Waals surface area contributed by atoms with Crippen molar-refractivity contribution in [2.45, 2.75) is 70.0 Å². The molecule has 106 valence electrons. The normalized spacial score (nSPS) is 33.3. The summed E-state index contributed by atoms with van der Waals surface area (Å²) in [6, 6.07) is 1.32. The second kappa shape index (κ2) is 5.89. The first-order chi connectivity index (χ1) is 8.54. The second-order valence-electron chi connectivity index (χ2n) is 6.94. The van der Waals surface area contributed by atoms with Gasteiger partial charge in [0.05, 0.1) is 6.61 Å². The Hall–Kier alpha value is -0.120. The maximum Gasteiger partial charge on any atom is 0.0613 e. The van der Waals surface area contributed by atoms with Crippen LogP contribution in [0.4, 0.5) is 0 Å². The lowest BCUT2D eigenvalue weighted by molar-refractivity contribution is 0.0642. The van der Waals surface area contributed by atoms with E-state index in [1.165, 1.54) is 25.7 Å². The van der Waals surface area contributed by atoms with Crippen LogP contribution in [0.5, 0.6) is 0 Å². The van der Waals surface area contributed by atoms with Crippen molar-refractivity contribution in [2.75, 3.05) is 20.2 Å². The molecule has 2 saturated carbocycles. The highest BCUT2D eigenvalue weighted by Crippen LogP contribution is 2.34. The van der Waals surface area contributed by atoms with E-state index >= 15 is 0 Å². The molecule has 3 nitrogen and oxygen atoms in total. The van der Waals surface area contributed by atoms with Gasteiger partial charge in [0.15, 0.2) is 0 Å². The van der Waals surface area contributed by atoms with Crippen LogP contribution in [0, 0.1) is 5.92 Å². The smallest absolute Gasteiger partial charge is 0.0613 e. The van der Waals surface area contributed by atoms with Gasteiger partial charge in [-0.25, -0.2) is 0 Å². The third-order valence-corrected chi connectivity index (χ3v) is 4.49. The van der Waals surface area contributed by atoms with Crippen LogP contribution in [-0.2, 0) is 0 Å². The monoisotopic (exact) mass is 254 g/mol. The number of hydrogen-bond acceptors (Lipinski definition) is 3. The van der Waals surface area contributed by atoms with Crippen LogP contribution < -0.4 is 5.32 Å². The predicted molar refractivity (Wildman–Crippen MR) is 75.7 cm³/mol. The Morgan fingerprint density at radius 2 is 2.06 bits per heavy atom. The predicted octanol–water partition coefficient (Wildman–Crippen LogP) is 2.00. The van der Waals surface area contributed by atoms with E-state index in [1.54, 1.807) is 0 Å². The Balaban J connectivity index is 1.92. The lowest BCUT2D eigenvalue weighted by Gasteiger charge is -2.44. The first-order valence-corrected chi connectivity index (χ1v) is 7.63. The van der Waals surface area contributed by atoms with Crippen molar-refractivity contribution < 1.29 is 5.11 Å². The fraction of sp³-hybridized carbons (Fsp3) is 1.00. The van der Waals surface area contributed by atoms with Crippen molar-refractivity contribution in [3.05, 3.63) is 0 Å². The second-order valence-corrected chi connectivity index (χ2v) is 6.94. The third-order valence-electron chi connectivity index (χ3n) is 4.49. The first-order valence-electron chi connectivity index (χ1n) is 7.63. The Morgan fingerprint density at radius 1 is 1.33 bits per heavy atom. The number of nitrogens with one attached hydrogen (secondary N) is 1. The zero-order chi connectivity index (χ0) is 13.2. The minimum absolute atomic E-state index is 0.00925. The van der Waals surface area contributed by atoms with E-state index in [4.69, 9.17) is 0 Å². The summed E-state index contributed by atoms with van der Waals surface area (Å²) < 4.78 is 0. The molecule has 0 aliphatic heterocycles. The molecular weight excluding hydrogens is 224 g/mol. The Bertz CT molecular complexity index is 265. The first kappa shape index (κ1) is 14.3. The van der Waals surface area contributed by atoms with Crippen LogP contribution >= 0.6 is 0 Å². The van der Waals surface area contributed by atoms with Crippen molar-refractivity contribution in [1.29, 1.82) is 0 Å². The maximum atomic E-state index is 9.82. The van der Waals surface area contributed by atoms with Gasteiger partial charge in [-0.15, -0.1) is 0 Å². The third kappa shape index (κ3) is 3.69. The molecule has 2 aliphatic carbocycles. The number of hydrogen-bond donors (Lipinski definition) is 2. The van der Waals surface area contributed by atoms with Gasteiger partial charge in [-0.3, -0.25) is 0 Å².